The molecular formula is C9H10FI. The second-order valence-electron chi connectivity index (χ2n) is 2.49. The van der Waals surface area contributed by atoms with Crippen molar-refractivity contribution in [2.45, 2.75) is 17.0 Å². The Morgan fingerprint density at radius 3 is 2.27 bits per heavy atom. The van der Waals surface area contributed by atoms with Gasteiger partial charge in [-0.3, -0.25) is 0 Å². The molecule has 0 aliphatic carbocycles. The highest BCUT2D eigenvalue weighted by Crippen LogP contribution is 2.28. The third-order valence-corrected chi connectivity index (χ3v) is 3.23. The predicted molar refractivity (Wildman–Crippen MR) is 53.8 cm³/mol. The minimum atomic E-state index is -0.780. The van der Waals surface area contributed by atoms with Crippen LogP contribution in [-0.4, -0.2) is 6.17 Å². The maximum atomic E-state index is 12.8. The quantitative estimate of drug-likeness (QED) is 0.566. The van der Waals surface area contributed by atoms with Gasteiger partial charge in [0.1, 0.15) is 6.17 Å². The van der Waals surface area contributed by atoms with Crippen LogP contribution in [0.1, 0.15) is 16.4 Å². The standard InChI is InChI=1S/C9H10FI/c1-7(10)9(11)8-5-3-2-4-6-8/h2-7,9H,1H3/t7-,9-/m0/s1. The van der Waals surface area contributed by atoms with E-state index >= 15 is 0 Å². The topological polar surface area (TPSA) is 0 Å². The Bertz CT molecular complexity index is 208. The van der Waals surface area contributed by atoms with E-state index in [2.05, 4.69) is 22.6 Å². The van der Waals surface area contributed by atoms with Gasteiger partial charge in [0.2, 0.25) is 0 Å². The Morgan fingerprint density at radius 1 is 1.27 bits per heavy atom. The Morgan fingerprint density at radius 2 is 1.82 bits per heavy atom. The summed E-state index contributed by atoms with van der Waals surface area (Å²) in [6.07, 6.45) is -0.780. The second-order valence-corrected chi connectivity index (χ2v) is 3.83. The molecule has 1 rings (SSSR count). The van der Waals surface area contributed by atoms with Crippen molar-refractivity contribution in [1.29, 1.82) is 0 Å². The second kappa shape index (κ2) is 4.04. The molecule has 0 N–H and O–H groups in total. The molecule has 60 valence electrons. The van der Waals surface area contributed by atoms with Crippen molar-refractivity contribution in [3.05, 3.63) is 35.9 Å². The lowest BCUT2D eigenvalue weighted by atomic mass is 10.1. The maximum Gasteiger partial charge on any atom is 0.113 e. The van der Waals surface area contributed by atoms with Gasteiger partial charge in [-0.25, -0.2) is 4.39 Å². The van der Waals surface area contributed by atoms with Crippen LogP contribution in [0.15, 0.2) is 30.3 Å². The van der Waals surface area contributed by atoms with Gasteiger partial charge in [0.15, 0.2) is 0 Å². The summed E-state index contributed by atoms with van der Waals surface area (Å²) in [6, 6.07) is 9.71. The summed E-state index contributed by atoms with van der Waals surface area (Å²) in [5, 5.41) is 0. The third-order valence-electron chi connectivity index (χ3n) is 1.52. The highest BCUT2D eigenvalue weighted by molar-refractivity contribution is 14.1. The van der Waals surface area contributed by atoms with E-state index in [-0.39, 0.29) is 3.92 Å². The Kier molecular flexibility index (Phi) is 3.30. The average Bonchev–Trinajstić information content (AvgIpc) is 2.05. The molecule has 0 nitrogen and oxygen atoms in total. The minimum absolute atomic E-state index is 0.0196. The van der Waals surface area contributed by atoms with E-state index in [1.165, 1.54) is 0 Å². The lowest BCUT2D eigenvalue weighted by Crippen LogP contribution is -2.01. The molecule has 0 bridgehead atoms. The fourth-order valence-electron chi connectivity index (χ4n) is 0.902. The number of rotatable bonds is 2. The van der Waals surface area contributed by atoms with Gasteiger partial charge in [-0.2, -0.15) is 0 Å². The number of benzene rings is 1. The van der Waals surface area contributed by atoms with E-state index in [4.69, 9.17) is 0 Å². The van der Waals surface area contributed by atoms with E-state index in [0.717, 1.165) is 5.56 Å². The van der Waals surface area contributed by atoms with Crippen molar-refractivity contribution in [3.63, 3.8) is 0 Å². The van der Waals surface area contributed by atoms with Gasteiger partial charge in [0, 0.05) is 0 Å². The molecule has 1 aromatic carbocycles. The van der Waals surface area contributed by atoms with Gasteiger partial charge in [0.25, 0.3) is 0 Å². The van der Waals surface area contributed by atoms with Crippen molar-refractivity contribution in [3.8, 4) is 0 Å². The summed E-state index contributed by atoms with van der Waals surface area (Å²) >= 11 is 2.12. The first kappa shape index (κ1) is 8.97. The van der Waals surface area contributed by atoms with Gasteiger partial charge in [0.05, 0.1) is 3.92 Å². The molecule has 0 fully saturated rings. The maximum absolute atomic E-state index is 12.8. The molecular weight excluding hydrogens is 254 g/mol. The van der Waals surface area contributed by atoms with Crippen LogP contribution in [0.3, 0.4) is 0 Å². The molecule has 1 aromatic rings. The van der Waals surface area contributed by atoms with Crippen LogP contribution in [0.5, 0.6) is 0 Å². The average molecular weight is 264 g/mol. The molecule has 0 saturated heterocycles. The first-order valence-electron chi connectivity index (χ1n) is 3.55. The molecule has 11 heavy (non-hydrogen) atoms. The Hall–Kier alpha value is -0.120. The van der Waals surface area contributed by atoms with Gasteiger partial charge >= 0.3 is 0 Å². The Labute approximate surface area is 80.0 Å². The summed E-state index contributed by atoms with van der Waals surface area (Å²) in [5.41, 5.74) is 1.06. The SMILES string of the molecule is C[C@H](F)[C@H](I)c1ccccc1. The Balaban J connectivity index is 2.77. The largest absolute Gasteiger partial charge is 0.246 e. The van der Waals surface area contributed by atoms with Crippen LogP contribution in [-0.2, 0) is 0 Å². The predicted octanol–water partition coefficient (Wildman–Crippen LogP) is 3.52. The van der Waals surface area contributed by atoms with Gasteiger partial charge in [-0.05, 0) is 12.5 Å². The molecule has 0 amide bonds. The van der Waals surface area contributed by atoms with Gasteiger partial charge < -0.3 is 0 Å². The monoisotopic (exact) mass is 264 g/mol. The van der Waals surface area contributed by atoms with Crippen LogP contribution >= 0.6 is 22.6 Å². The zero-order valence-corrected chi connectivity index (χ0v) is 8.45. The highest BCUT2D eigenvalue weighted by atomic mass is 127. The van der Waals surface area contributed by atoms with Crippen molar-refractivity contribution < 1.29 is 4.39 Å². The van der Waals surface area contributed by atoms with E-state index in [0.29, 0.717) is 0 Å². The lowest BCUT2D eigenvalue weighted by molar-refractivity contribution is 0.362. The number of hydrogen-bond acceptors (Lipinski definition) is 0. The van der Waals surface area contributed by atoms with Crippen LogP contribution in [0.25, 0.3) is 0 Å². The number of halogens is 2. The van der Waals surface area contributed by atoms with Crippen molar-refractivity contribution in [1.82, 2.24) is 0 Å². The zero-order valence-electron chi connectivity index (χ0n) is 6.30. The van der Waals surface area contributed by atoms with Crippen LogP contribution < -0.4 is 0 Å². The molecule has 0 radical (unpaired) electrons. The first-order chi connectivity index (χ1) is 5.22. The molecule has 2 heteroatoms. The molecule has 2 atom stereocenters. The van der Waals surface area contributed by atoms with Crippen molar-refractivity contribution >= 4 is 22.6 Å². The smallest absolute Gasteiger partial charge is 0.113 e. The van der Waals surface area contributed by atoms with Crippen LogP contribution in [0, 0.1) is 0 Å². The fraction of sp³-hybridized carbons (Fsp3) is 0.333. The van der Waals surface area contributed by atoms with E-state index < -0.39 is 6.17 Å². The molecule has 0 aliphatic heterocycles. The minimum Gasteiger partial charge on any atom is -0.246 e. The lowest BCUT2D eigenvalue weighted by Gasteiger charge is -2.10. The normalized spacial score (nSPS) is 15.9. The van der Waals surface area contributed by atoms with Gasteiger partial charge in [-0.15, -0.1) is 0 Å². The van der Waals surface area contributed by atoms with E-state index in [9.17, 15) is 4.39 Å². The number of hydrogen-bond donors (Lipinski definition) is 0. The molecule has 0 saturated carbocycles. The third kappa shape index (κ3) is 2.43. The summed E-state index contributed by atoms with van der Waals surface area (Å²) < 4.78 is 12.8. The van der Waals surface area contributed by atoms with Crippen LogP contribution in [0.2, 0.25) is 0 Å². The van der Waals surface area contributed by atoms with Crippen molar-refractivity contribution in [2.24, 2.45) is 0 Å². The summed E-state index contributed by atoms with van der Waals surface area (Å²) in [6.45, 7) is 1.59. The molecule has 0 spiro atoms. The van der Waals surface area contributed by atoms with Crippen LogP contribution in [0.4, 0.5) is 4.39 Å². The highest BCUT2D eigenvalue weighted by Gasteiger charge is 2.13. The van der Waals surface area contributed by atoms with E-state index in [1.807, 2.05) is 30.3 Å². The fourth-order valence-corrected chi connectivity index (χ4v) is 1.32. The summed E-state index contributed by atoms with van der Waals surface area (Å²) in [4.78, 5) is 0. The van der Waals surface area contributed by atoms with Gasteiger partial charge in [-0.1, -0.05) is 52.9 Å². The molecule has 0 aromatic heterocycles. The summed E-state index contributed by atoms with van der Waals surface area (Å²) in [5.74, 6) is 0. The summed E-state index contributed by atoms with van der Waals surface area (Å²) in [7, 11) is 0. The zero-order chi connectivity index (χ0) is 8.27. The number of alkyl halides is 2. The molecule has 0 unspecified atom stereocenters. The van der Waals surface area contributed by atoms with E-state index in [1.54, 1.807) is 6.92 Å². The first-order valence-corrected chi connectivity index (χ1v) is 4.79. The van der Waals surface area contributed by atoms with Crippen molar-refractivity contribution in [2.75, 3.05) is 0 Å². The molecule has 0 heterocycles. The molecule has 0 aliphatic rings.